The maximum Gasteiger partial charge on any atom is 0.153 e. The van der Waals surface area contributed by atoms with Crippen molar-refractivity contribution in [2.75, 3.05) is 5.73 Å². The van der Waals surface area contributed by atoms with Gasteiger partial charge in [0, 0.05) is 18.8 Å². The van der Waals surface area contributed by atoms with Gasteiger partial charge >= 0.3 is 0 Å². The number of nitrogen functional groups attached to an aromatic ring is 1. The largest absolute Gasteiger partial charge is 0.382 e. The Kier molecular flexibility index (Phi) is 1.99. The van der Waals surface area contributed by atoms with Gasteiger partial charge in [0.15, 0.2) is 5.82 Å². The van der Waals surface area contributed by atoms with Crippen LogP contribution in [0.5, 0.6) is 0 Å². The lowest BCUT2D eigenvalue weighted by molar-refractivity contribution is 0.772. The highest BCUT2D eigenvalue weighted by Gasteiger charge is 2.13. The lowest BCUT2D eigenvalue weighted by atomic mass is 10.0. The molecule has 0 saturated carbocycles. The summed E-state index contributed by atoms with van der Waals surface area (Å²) in [5, 5.41) is 4.18. The molecule has 16 heavy (non-hydrogen) atoms. The summed E-state index contributed by atoms with van der Waals surface area (Å²) in [5.41, 5.74) is 11.1. The van der Waals surface area contributed by atoms with Crippen LogP contribution in [0.4, 0.5) is 5.82 Å². The highest BCUT2D eigenvalue weighted by molar-refractivity contribution is 5.74. The summed E-state index contributed by atoms with van der Waals surface area (Å²) in [6.07, 6.45) is 5.68. The van der Waals surface area contributed by atoms with Crippen LogP contribution in [0, 0.1) is 0 Å². The average molecular weight is 213 g/mol. The molecule has 1 heterocycles. The van der Waals surface area contributed by atoms with Gasteiger partial charge in [0.05, 0.1) is 0 Å². The Morgan fingerprint density at radius 1 is 1.25 bits per heavy atom. The molecule has 0 saturated heterocycles. The molecule has 82 valence electrons. The van der Waals surface area contributed by atoms with Crippen molar-refractivity contribution in [3.8, 4) is 11.1 Å². The van der Waals surface area contributed by atoms with Gasteiger partial charge in [-0.05, 0) is 36.0 Å². The molecule has 1 aliphatic rings. The van der Waals surface area contributed by atoms with Crippen molar-refractivity contribution in [3.63, 3.8) is 0 Å². The second-order valence-corrected chi connectivity index (χ2v) is 4.44. The molecule has 1 aromatic carbocycles. The van der Waals surface area contributed by atoms with Crippen molar-refractivity contribution in [2.45, 2.75) is 19.3 Å². The van der Waals surface area contributed by atoms with E-state index in [9.17, 15) is 0 Å². The van der Waals surface area contributed by atoms with Gasteiger partial charge in [0.2, 0.25) is 0 Å². The zero-order chi connectivity index (χ0) is 11.1. The number of fused-ring (bicyclic) bond motifs is 1. The van der Waals surface area contributed by atoms with E-state index in [0.717, 1.165) is 5.56 Å². The number of hydrogen-bond donors (Lipinski definition) is 1. The van der Waals surface area contributed by atoms with E-state index in [4.69, 9.17) is 5.73 Å². The molecule has 0 radical (unpaired) electrons. The van der Waals surface area contributed by atoms with Crippen LogP contribution in [0.1, 0.15) is 17.5 Å². The summed E-state index contributed by atoms with van der Waals surface area (Å²) in [7, 11) is 1.90. The first-order valence-corrected chi connectivity index (χ1v) is 5.65. The maximum absolute atomic E-state index is 5.89. The van der Waals surface area contributed by atoms with Crippen LogP contribution in [-0.2, 0) is 19.9 Å². The topological polar surface area (TPSA) is 43.8 Å². The van der Waals surface area contributed by atoms with Gasteiger partial charge in [0.1, 0.15) is 0 Å². The molecular formula is C13H15N3. The molecule has 1 aliphatic carbocycles. The minimum atomic E-state index is 0.612. The fourth-order valence-electron chi connectivity index (χ4n) is 2.47. The third kappa shape index (κ3) is 1.40. The van der Waals surface area contributed by atoms with E-state index in [-0.39, 0.29) is 0 Å². The van der Waals surface area contributed by atoms with Crippen molar-refractivity contribution in [2.24, 2.45) is 7.05 Å². The van der Waals surface area contributed by atoms with Gasteiger partial charge < -0.3 is 5.73 Å². The molecule has 0 unspecified atom stereocenters. The highest BCUT2D eigenvalue weighted by atomic mass is 15.3. The molecule has 3 nitrogen and oxygen atoms in total. The van der Waals surface area contributed by atoms with E-state index < -0.39 is 0 Å². The first kappa shape index (κ1) is 9.46. The molecule has 0 atom stereocenters. The number of nitrogens with two attached hydrogens (primary N) is 1. The second-order valence-electron chi connectivity index (χ2n) is 4.44. The predicted octanol–water partition coefficient (Wildman–Crippen LogP) is 2.16. The first-order valence-electron chi connectivity index (χ1n) is 5.65. The Balaban J connectivity index is 2.10. The third-order valence-electron chi connectivity index (χ3n) is 3.27. The number of hydrogen-bond acceptors (Lipinski definition) is 2. The minimum absolute atomic E-state index is 0.612. The monoisotopic (exact) mass is 213 g/mol. The molecular weight excluding hydrogens is 198 g/mol. The molecule has 0 bridgehead atoms. The van der Waals surface area contributed by atoms with E-state index in [1.54, 1.807) is 4.68 Å². The lowest BCUT2D eigenvalue weighted by Crippen LogP contribution is -1.91. The second kappa shape index (κ2) is 3.37. The number of aryl methyl sites for hydroxylation is 3. The smallest absolute Gasteiger partial charge is 0.153 e. The van der Waals surface area contributed by atoms with Crippen LogP contribution >= 0.6 is 0 Å². The summed E-state index contributed by atoms with van der Waals surface area (Å²) >= 11 is 0. The van der Waals surface area contributed by atoms with Gasteiger partial charge in [-0.15, -0.1) is 0 Å². The van der Waals surface area contributed by atoms with E-state index in [0.29, 0.717) is 5.82 Å². The van der Waals surface area contributed by atoms with Gasteiger partial charge in [-0.3, -0.25) is 4.68 Å². The first-order chi connectivity index (χ1) is 7.74. The van der Waals surface area contributed by atoms with Gasteiger partial charge in [0.25, 0.3) is 0 Å². The number of rotatable bonds is 1. The van der Waals surface area contributed by atoms with Gasteiger partial charge in [-0.25, -0.2) is 0 Å². The molecule has 1 aromatic heterocycles. The molecule has 3 rings (SSSR count). The highest BCUT2D eigenvalue weighted by Crippen LogP contribution is 2.30. The molecule has 0 amide bonds. The van der Waals surface area contributed by atoms with Crippen LogP contribution in [-0.4, -0.2) is 9.78 Å². The molecule has 2 aromatic rings. The quantitative estimate of drug-likeness (QED) is 0.788. The third-order valence-corrected chi connectivity index (χ3v) is 3.27. The Morgan fingerprint density at radius 3 is 2.81 bits per heavy atom. The summed E-state index contributed by atoms with van der Waals surface area (Å²) in [4.78, 5) is 0. The number of anilines is 1. The lowest BCUT2D eigenvalue weighted by Gasteiger charge is -2.03. The summed E-state index contributed by atoms with van der Waals surface area (Å²) in [5.74, 6) is 0.612. The maximum atomic E-state index is 5.89. The van der Waals surface area contributed by atoms with E-state index >= 15 is 0 Å². The predicted molar refractivity (Wildman–Crippen MR) is 65.1 cm³/mol. The summed E-state index contributed by atoms with van der Waals surface area (Å²) < 4.78 is 1.76. The van der Waals surface area contributed by atoms with Crippen molar-refractivity contribution >= 4 is 5.82 Å². The summed E-state index contributed by atoms with van der Waals surface area (Å²) in [6, 6.07) is 6.64. The number of nitrogens with zero attached hydrogens (tertiary/aromatic N) is 2. The van der Waals surface area contributed by atoms with Crippen LogP contribution in [0.2, 0.25) is 0 Å². The van der Waals surface area contributed by atoms with Crippen molar-refractivity contribution in [1.82, 2.24) is 9.78 Å². The summed E-state index contributed by atoms with van der Waals surface area (Å²) in [6.45, 7) is 0. The van der Waals surface area contributed by atoms with E-state index in [1.165, 1.54) is 36.0 Å². The zero-order valence-electron chi connectivity index (χ0n) is 9.40. The zero-order valence-corrected chi connectivity index (χ0v) is 9.40. The minimum Gasteiger partial charge on any atom is -0.382 e. The van der Waals surface area contributed by atoms with Crippen LogP contribution < -0.4 is 5.73 Å². The molecule has 0 fully saturated rings. The van der Waals surface area contributed by atoms with Crippen molar-refractivity contribution < 1.29 is 0 Å². The van der Waals surface area contributed by atoms with Crippen LogP contribution in [0.25, 0.3) is 11.1 Å². The Labute approximate surface area is 94.9 Å². The van der Waals surface area contributed by atoms with Crippen LogP contribution in [0.3, 0.4) is 0 Å². The molecule has 3 heteroatoms. The normalized spacial score (nSPS) is 14.1. The fourth-order valence-corrected chi connectivity index (χ4v) is 2.47. The Morgan fingerprint density at radius 2 is 2.06 bits per heavy atom. The van der Waals surface area contributed by atoms with Crippen molar-refractivity contribution in [1.29, 1.82) is 0 Å². The van der Waals surface area contributed by atoms with Gasteiger partial charge in [-0.1, -0.05) is 18.2 Å². The van der Waals surface area contributed by atoms with Crippen molar-refractivity contribution in [3.05, 3.63) is 35.5 Å². The Hall–Kier alpha value is -1.77. The standard InChI is InChI=1S/C13H15N3/c1-16-8-12(13(14)15-16)11-6-5-9-3-2-4-10(9)7-11/h5-8H,2-4H2,1H3,(H2,14,15). The number of aromatic nitrogens is 2. The Bertz CT molecular complexity index is 540. The van der Waals surface area contributed by atoms with E-state index in [1.807, 2.05) is 13.2 Å². The SMILES string of the molecule is Cn1cc(-c2ccc3c(c2)CCC3)c(N)n1. The average Bonchev–Trinajstić information content (AvgIpc) is 2.83. The van der Waals surface area contributed by atoms with E-state index in [2.05, 4.69) is 23.3 Å². The van der Waals surface area contributed by atoms with Crippen LogP contribution in [0.15, 0.2) is 24.4 Å². The molecule has 2 N–H and O–H groups in total. The van der Waals surface area contributed by atoms with Gasteiger partial charge in [-0.2, -0.15) is 5.10 Å². The molecule has 0 aliphatic heterocycles. The fraction of sp³-hybridized carbons (Fsp3) is 0.308. The molecule has 0 spiro atoms. The number of benzene rings is 1.